The van der Waals surface area contributed by atoms with Crippen molar-refractivity contribution in [2.24, 2.45) is 0 Å². The molecule has 0 saturated carbocycles. The van der Waals surface area contributed by atoms with Gasteiger partial charge in [-0.25, -0.2) is 0 Å². The number of hydrogen-bond acceptors (Lipinski definition) is 2. The highest BCUT2D eigenvalue weighted by atomic mass is 35.5. The first kappa shape index (κ1) is 11.9. The van der Waals surface area contributed by atoms with Gasteiger partial charge in [0.25, 0.3) is 5.91 Å². The van der Waals surface area contributed by atoms with E-state index in [0.717, 1.165) is 12.0 Å². The fourth-order valence-electron chi connectivity index (χ4n) is 1.26. The van der Waals surface area contributed by atoms with Crippen molar-refractivity contribution in [3.63, 3.8) is 0 Å². The number of benzene rings is 1. The summed E-state index contributed by atoms with van der Waals surface area (Å²) in [5, 5.41) is 9.88. The molecule has 3 nitrogen and oxygen atoms in total. The van der Waals surface area contributed by atoms with Crippen LogP contribution in [-0.2, 0) is 6.42 Å². The molecule has 0 aromatic heterocycles. The Bertz CT molecular complexity index is 388. The minimum Gasteiger partial charge on any atom is -0.506 e. The summed E-state index contributed by atoms with van der Waals surface area (Å²) >= 11 is 5.83. The fourth-order valence-corrected chi connectivity index (χ4v) is 1.51. The molecular weight excluding hydrogens is 214 g/mol. The second-order valence-corrected chi connectivity index (χ2v) is 3.93. The van der Waals surface area contributed by atoms with Crippen LogP contribution in [-0.4, -0.2) is 30.0 Å². The van der Waals surface area contributed by atoms with Gasteiger partial charge >= 0.3 is 0 Å². The molecule has 1 N–H and O–H groups in total. The third-order valence-corrected chi connectivity index (χ3v) is 2.46. The van der Waals surface area contributed by atoms with Gasteiger partial charge in [0.05, 0.1) is 10.6 Å². The van der Waals surface area contributed by atoms with E-state index >= 15 is 0 Å². The van der Waals surface area contributed by atoms with Crippen LogP contribution in [0.4, 0.5) is 0 Å². The minimum absolute atomic E-state index is 0.146. The Morgan fingerprint density at radius 3 is 2.53 bits per heavy atom. The molecular formula is C11H14ClNO2. The van der Waals surface area contributed by atoms with Gasteiger partial charge in [-0.15, -0.1) is 0 Å². The van der Waals surface area contributed by atoms with E-state index in [1.165, 1.54) is 4.90 Å². The van der Waals surface area contributed by atoms with Crippen molar-refractivity contribution in [3.8, 4) is 5.75 Å². The van der Waals surface area contributed by atoms with Gasteiger partial charge in [-0.1, -0.05) is 18.5 Å². The Labute approximate surface area is 94.3 Å². The summed E-state index contributed by atoms with van der Waals surface area (Å²) in [6.07, 6.45) is 0.772. The van der Waals surface area contributed by atoms with E-state index in [0.29, 0.717) is 0 Å². The number of nitrogens with zero attached hydrogens (tertiary/aromatic N) is 1. The maximum Gasteiger partial charge on any atom is 0.257 e. The van der Waals surface area contributed by atoms with Gasteiger partial charge in [-0.3, -0.25) is 4.79 Å². The molecule has 0 spiro atoms. The first-order valence-corrected chi connectivity index (χ1v) is 5.08. The number of carbonyl (C=O) groups excluding carboxylic acids is 1. The topological polar surface area (TPSA) is 40.5 Å². The normalized spacial score (nSPS) is 10.1. The van der Waals surface area contributed by atoms with E-state index in [1.807, 2.05) is 6.92 Å². The summed E-state index contributed by atoms with van der Waals surface area (Å²) in [6, 6.07) is 3.34. The second kappa shape index (κ2) is 4.53. The molecule has 0 atom stereocenters. The smallest absolute Gasteiger partial charge is 0.257 e. The first-order chi connectivity index (χ1) is 6.97. The van der Waals surface area contributed by atoms with Crippen LogP contribution >= 0.6 is 11.6 Å². The van der Waals surface area contributed by atoms with E-state index in [9.17, 15) is 9.90 Å². The largest absolute Gasteiger partial charge is 0.506 e. The van der Waals surface area contributed by atoms with Crippen molar-refractivity contribution < 1.29 is 9.90 Å². The standard InChI is InChI=1S/C11H14ClNO2/c1-4-7-5-8(11(15)13(2)3)10(14)9(12)6-7/h5-6,14H,4H2,1-3H3. The molecule has 0 radical (unpaired) electrons. The number of rotatable bonds is 2. The van der Waals surface area contributed by atoms with E-state index < -0.39 is 0 Å². The predicted octanol–water partition coefficient (Wildman–Crippen LogP) is 2.31. The highest BCUT2D eigenvalue weighted by Gasteiger charge is 2.16. The van der Waals surface area contributed by atoms with Crippen molar-refractivity contribution in [1.29, 1.82) is 0 Å². The zero-order valence-electron chi connectivity index (χ0n) is 9.04. The van der Waals surface area contributed by atoms with Crippen LogP contribution in [0.3, 0.4) is 0 Å². The van der Waals surface area contributed by atoms with Crippen LogP contribution in [0.5, 0.6) is 5.75 Å². The third kappa shape index (κ3) is 2.42. The molecule has 0 bridgehead atoms. The number of halogens is 1. The average molecular weight is 228 g/mol. The average Bonchev–Trinajstić information content (AvgIpc) is 2.20. The predicted molar refractivity (Wildman–Crippen MR) is 60.5 cm³/mol. The molecule has 1 rings (SSSR count). The molecule has 1 aromatic rings. The Morgan fingerprint density at radius 2 is 2.07 bits per heavy atom. The molecule has 0 aliphatic heterocycles. The van der Waals surface area contributed by atoms with Crippen molar-refractivity contribution in [1.82, 2.24) is 4.90 Å². The zero-order valence-corrected chi connectivity index (χ0v) is 9.80. The maximum atomic E-state index is 11.7. The van der Waals surface area contributed by atoms with Gasteiger partial charge in [0.2, 0.25) is 0 Å². The first-order valence-electron chi connectivity index (χ1n) is 4.70. The number of phenolic OH excluding ortho intramolecular Hbond substituents is 1. The molecule has 0 fully saturated rings. The molecule has 82 valence electrons. The Kier molecular flexibility index (Phi) is 3.58. The highest BCUT2D eigenvalue weighted by molar-refractivity contribution is 6.32. The van der Waals surface area contributed by atoms with Crippen LogP contribution in [0.2, 0.25) is 5.02 Å². The lowest BCUT2D eigenvalue weighted by Crippen LogP contribution is -2.22. The van der Waals surface area contributed by atoms with Crippen molar-refractivity contribution in [2.75, 3.05) is 14.1 Å². The monoisotopic (exact) mass is 227 g/mol. The van der Waals surface area contributed by atoms with Gasteiger partial charge in [0, 0.05) is 14.1 Å². The third-order valence-electron chi connectivity index (χ3n) is 2.17. The lowest BCUT2D eigenvalue weighted by molar-refractivity contribution is 0.0824. The van der Waals surface area contributed by atoms with Gasteiger partial charge in [-0.05, 0) is 24.1 Å². The maximum absolute atomic E-state index is 11.7. The quantitative estimate of drug-likeness (QED) is 0.843. The Morgan fingerprint density at radius 1 is 1.47 bits per heavy atom. The molecule has 1 amide bonds. The van der Waals surface area contributed by atoms with Crippen molar-refractivity contribution >= 4 is 17.5 Å². The Balaban J connectivity index is 3.27. The Hall–Kier alpha value is -1.22. The van der Waals surface area contributed by atoms with Gasteiger partial charge in [-0.2, -0.15) is 0 Å². The van der Waals surface area contributed by atoms with Gasteiger partial charge in [0.15, 0.2) is 0 Å². The van der Waals surface area contributed by atoms with Crippen molar-refractivity contribution in [3.05, 3.63) is 28.3 Å². The minimum atomic E-state index is -0.246. The highest BCUT2D eigenvalue weighted by Crippen LogP contribution is 2.29. The lowest BCUT2D eigenvalue weighted by Gasteiger charge is -2.13. The number of carbonyl (C=O) groups is 1. The van der Waals surface area contributed by atoms with Gasteiger partial charge < -0.3 is 10.0 Å². The van der Waals surface area contributed by atoms with E-state index in [-0.39, 0.29) is 22.2 Å². The van der Waals surface area contributed by atoms with E-state index in [1.54, 1.807) is 26.2 Å². The van der Waals surface area contributed by atoms with Gasteiger partial charge in [0.1, 0.15) is 5.75 Å². The molecule has 4 heteroatoms. The number of phenols is 1. The van der Waals surface area contributed by atoms with Crippen LogP contribution < -0.4 is 0 Å². The molecule has 0 aliphatic carbocycles. The number of amides is 1. The fraction of sp³-hybridized carbons (Fsp3) is 0.364. The summed E-state index contributed by atoms with van der Waals surface area (Å²) in [5.74, 6) is -0.391. The number of hydrogen-bond donors (Lipinski definition) is 1. The van der Waals surface area contributed by atoms with Crippen LogP contribution in [0.15, 0.2) is 12.1 Å². The molecule has 0 unspecified atom stereocenters. The number of aromatic hydroxyl groups is 1. The summed E-state index contributed by atoms with van der Waals surface area (Å²) in [6.45, 7) is 1.96. The molecule has 0 heterocycles. The summed E-state index contributed by atoms with van der Waals surface area (Å²) in [4.78, 5) is 13.1. The molecule has 0 saturated heterocycles. The number of aryl methyl sites for hydroxylation is 1. The lowest BCUT2D eigenvalue weighted by atomic mass is 10.1. The van der Waals surface area contributed by atoms with Crippen molar-refractivity contribution in [2.45, 2.75) is 13.3 Å². The second-order valence-electron chi connectivity index (χ2n) is 3.53. The SMILES string of the molecule is CCc1cc(Cl)c(O)c(C(=O)N(C)C)c1. The van der Waals surface area contributed by atoms with Crippen LogP contribution in [0, 0.1) is 0 Å². The molecule has 1 aromatic carbocycles. The summed E-state index contributed by atoms with van der Waals surface area (Å²) in [5.41, 5.74) is 1.19. The van der Waals surface area contributed by atoms with E-state index in [2.05, 4.69) is 0 Å². The summed E-state index contributed by atoms with van der Waals surface area (Å²) < 4.78 is 0. The van der Waals surface area contributed by atoms with Crippen LogP contribution in [0.1, 0.15) is 22.8 Å². The molecule has 0 aliphatic rings. The molecule has 15 heavy (non-hydrogen) atoms. The van der Waals surface area contributed by atoms with E-state index in [4.69, 9.17) is 11.6 Å². The van der Waals surface area contributed by atoms with Crippen LogP contribution in [0.25, 0.3) is 0 Å². The zero-order chi connectivity index (χ0) is 11.6. The summed E-state index contributed by atoms with van der Waals surface area (Å²) in [7, 11) is 3.27.